The predicted molar refractivity (Wildman–Crippen MR) is 106 cm³/mol. The number of halogens is 1. The number of carbonyl (C=O) groups excluding carboxylic acids is 1. The molecule has 9 heteroatoms. The first kappa shape index (κ1) is 21.2. The molecule has 0 saturated carbocycles. The average molecular weight is 409 g/mol. The molecule has 0 saturated heterocycles. The van der Waals surface area contributed by atoms with Crippen molar-refractivity contribution >= 4 is 29.4 Å². The number of benzene rings is 2. The normalized spacial score (nSPS) is 10.5. The van der Waals surface area contributed by atoms with Crippen LogP contribution in [0.15, 0.2) is 35.5 Å². The van der Waals surface area contributed by atoms with Crippen LogP contribution in [0.5, 0.6) is 23.0 Å². The number of methoxy groups -OCH3 is 4. The summed E-state index contributed by atoms with van der Waals surface area (Å²) >= 11 is 6.12. The summed E-state index contributed by atoms with van der Waals surface area (Å²) in [5.41, 5.74) is 1.12. The van der Waals surface area contributed by atoms with Crippen molar-refractivity contribution < 1.29 is 28.6 Å². The predicted octanol–water partition coefficient (Wildman–Crippen LogP) is 3.36. The van der Waals surface area contributed by atoms with Gasteiger partial charge in [-0.2, -0.15) is 0 Å². The lowest BCUT2D eigenvalue weighted by Gasteiger charge is -2.11. The summed E-state index contributed by atoms with van der Waals surface area (Å²) in [6, 6.07) is 8.36. The Labute approximate surface area is 167 Å². The molecule has 0 heterocycles. The molecule has 0 radical (unpaired) electrons. The van der Waals surface area contributed by atoms with E-state index in [1.54, 1.807) is 37.4 Å². The van der Waals surface area contributed by atoms with E-state index in [2.05, 4.69) is 10.5 Å². The minimum Gasteiger partial charge on any atom is -0.497 e. The van der Waals surface area contributed by atoms with E-state index in [0.717, 1.165) is 0 Å². The molecule has 0 atom stereocenters. The summed E-state index contributed by atoms with van der Waals surface area (Å²) in [6.07, 6.45) is 1.41. The summed E-state index contributed by atoms with van der Waals surface area (Å²) in [5, 5.41) is 6.82. The minimum atomic E-state index is -0.397. The molecule has 28 heavy (non-hydrogen) atoms. The number of hydrogen-bond donors (Lipinski definition) is 1. The summed E-state index contributed by atoms with van der Waals surface area (Å²) in [4.78, 5) is 17.1. The lowest BCUT2D eigenvalue weighted by atomic mass is 10.2. The van der Waals surface area contributed by atoms with Crippen LogP contribution in [0.4, 0.5) is 5.69 Å². The van der Waals surface area contributed by atoms with E-state index in [4.69, 9.17) is 35.4 Å². The molecular weight excluding hydrogens is 388 g/mol. The number of carbonyl (C=O) groups is 1. The fourth-order valence-corrected chi connectivity index (χ4v) is 2.59. The summed E-state index contributed by atoms with van der Waals surface area (Å²) in [5.74, 6) is 1.57. The highest BCUT2D eigenvalue weighted by Gasteiger charge is 2.11. The van der Waals surface area contributed by atoms with Crippen LogP contribution in [0.25, 0.3) is 0 Å². The Morgan fingerprint density at radius 2 is 1.79 bits per heavy atom. The largest absolute Gasteiger partial charge is 0.497 e. The van der Waals surface area contributed by atoms with Gasteiger partial charge in [-0.15, -0.1) is 0 Å². The fraction of sp³-hybridized carbons (Fsp3) is 0.263. The number of nitrogens with one attached hydrogen (secondary N) is 1. The first-order valence-electron chi connectivity index (χ1n) is 8.11. The van der Waals surface area contributed by atoms with E-state index in [-0.39, 0.29) is 6.61 Å². The van der Waals surface area contributed by atoms with E-state index < -0.39 is 5.91 Å². The lowest BCUT2D eigenvalue weighted by Crippen LogP contribution is -2.17. The van der Waals surface area contributed by atoms with Crippen molar-refractivity contribution in [2.75, 3.05) is 40.4 Å². The highest BCUT2D eigenvalue weighted by molar-refractivity contribution is 6.32. The summed E-state index contributed by atoms with van der Waals surface area (Å²) in [6.45, 7) is -0.285. The molecule has 0 aliphatic rings. The average Bonchev–Trinajstić information content (AvgIpc) is 2.71. The third kappa shape index (κ3) is 5.43. The lowest BCUT2D eigenvalue weighted by molar-refractivity contribution is -0.120. The van der Waals surface area contributed by atoms with Gasteiger partial charge in [-0.05, 0) is 24.3 Å². The van der Waals surface area contributed by atoms with Gasteiger partial charge in [0.2, 0.25) is 0 Å². The SMILES string of the molecule is COc1ccc(NC(=O)CO/N=C\c2cc(Cl)c(OC)c(OC)c2)c(OC)c1. The van der Waals surface area contributed by atoms with Crippen LogP contribution in [0.3, 0.4) is 0 Å². The smallest absolute Gasteiger partial charge is 0.265 e. The van der Waals surface area contributed by atoms with Gasteiger partial charge in [-0.1, -0.05) is 16.8 Å². The molecule has 2 aromatic rings. The molecule has 150 valence electrons. The second-order valence-electron chi connectivity index (χ2n) is 5.36. The number of hydrogen-bond acceptors (Lipinski definition) is 7. The zero-order chi connectivity index (χ0) is 20.5. The molecule has 0 fully saturated rings. The summed E-state index contributed by atoms with van der Waals surface area (Å²) < 4.78 is 20.7. The van der Waals surface area contributed by atoms with Gasteiger partial charge < -0.3 is 29.1 Å². The number of nitrogens with zero attached hydrogens (tertiary/aromatic N) is 1. The highest BCUT2D eigenvalue weighted by atomic mass is 35.5. The molecule has 1 amide bonds. The number of ether oxygens (including phenoxy) is 4. The Hall–Kier alpha value is -3.13. The number of oxime groups is 1. The first-order chi connectivity index (χ1) is 13.5. The Kier molecular flexibility index (Phi) is 7.76. The Balaban J connectivity index is 1.94. The maximum atomic E-state index is 12.0. The molecule has 0 aromatic heterocycles. The maximum Gasteiger partial charge on any atom is 0.265 e. The number of rotatable bonds is 9. The minimum absolute atomic E-state index is 0.285. The van der Waals surface area contributed by atoms with Crippen molar-refractivity contribution in [1.29, 1.82) is 0 Å². The highest BCUT2D eigenvalue weighted by Crippen LogP contribution is 2.35. The third-order valence-electron chi connectivity index (χ3n) is 3.61. The van der Waals surface area contributed by atoms with E-state index in [9.17, 15) is 4.79 Å². The molecule has 0 aliphatic heterocycles. The van der Waals surface area contributed by atoms with Crippen molar-refractivity contribution in [2.24, 2.45) is 5.16 Å². The monoisotopic (exact) mass is 408 g/mol. The van der Waals surface area contributed by atoms with Crippen molar-refractivity contribution in [2.45, 2.75) is 0 Å². The molecule has 2 rings (SSSR count). The summed E-state index contributed by atoms with van der Waals surface area (Å²) in [7, 11) is 6.05. The quantitative estimate of drug-likeness (QED) is 0.505. The second-order valence-corrected chi connectivity index (χ2v) is 5.77. The molecule has 8 nitrogen and oxygen atoms in total. The Morgan fingerprint density at radius 1 is 1.04 bits per heavy atom. The van der Waals surface area contributed by atoms with Crippen LogP contribution < -0.4 is 24.3 Å². The van der Waals surface area contributed by atoms with Crippen LogP contribution >= 0.6 is 11.6 Å². The van der Waals surface area contributed by atoms with Gasteiger partial charge in [0.25, 0.3) is 5.91 Å². The van der Waals surface area contributed by atoms with Gasteiger partial charge in [0.05, 0.1) is 45.4 Å². The Bertz CT molecular complexity index is 857. The van der Waals surface area contributed by atoms with Crippen molar-refractivity contribution in [3.8, 4) is 23.0 Å². The van der Waals surface area contributed by atoms with Gasteiger partial charge in [-0.3, -0.25) is 4.79 Å². The van der Waals surface area contributed by atoms with Crippen LogP contribution in [-0.2, 0) is 9.63 Å². The van der Waals surface area contributed by atoms with Crippen LogP contribution in [-0.4, -0.2) is 47.2 Å². The molecular formula is C19H21ClN2O6. The topological polar surface area (TPSA) is 87.6 Å². The van der Waals surface area contributed by atoms with Gasteiger partial charge in [0.15, 0.2) is 18.1 Å². The van der Waals surface area contributed by atoms with Gasteiger partial charge >= 0.3 is 0 Å². The maximum absolute atomic E-state index is 12.0. The van der Waals surface area contributed by atoms with E-state index >= 15 is 0 Å². The van der Waals surface area contributed by atoms with Crippen LogP contribution in [0.2, 0.25) is 5.02 Å². The molecule has 0 aliphatic carbocycles. The number of amides is 1. The fourth-order valence-electron chi connectivity index (χ4n) is 2.29. The number of anilines is 1. The third-order valence-corrected chi connectivity index (χ3v) is 3.89. The van der Waals surface area contributed by atoms with Crippen molar-refractivity contribution in [1.82, 2.24) is 0 Å². The van der Waals surface area contributed by atoms with Crippen molar-refractivity contribution in [3.63, 3.8) is 0 Å². The molecule has 0 unspecified atom stereocenters. The van der Waals surface area contributed by atoms with E-state index in [1.165, 1.54) is 27.5 Å². The van der Waals surface area contributed by atoms with Crippen molar-refractivity contribution in [3.05, 3.63) is 40.9 Å². The van der Waals surface area contributed by atoms with Gasteiger partial charge in [0.1, 0.15) is 11.5 Å². The van der Waals surface area contributed by atoms with Crippen LogP contribution in [0.1, 0.15) is 5.56 Å². The molecule has 0 spiro atoms. The first-order valence-corrected chi connectivity index (χ1v) is 8.48. The zero-order valence-corrected chi connectivity index (χ0v) is 16.7. The molecule has 2 aromatic carbocycles. The van der Waals surface area contributed by atoms with E-state index in [1.807, 2.05) is 0 Å². The second kappa shape index (κ2) is 10.3. The molecule has 1 N–H and O–H groups in total. The standard InChI is InChI=1S/C19H21ClN2O6/c1-24-13-5-6-15(16(9-13)25-2)22-18(23)11-28-21-10-12-7-14(20)19(27-4)17(8-12)26-3/h5-10H,11H2,1-4H3,(H,22,23)/b21-10-. The Morgan fingerprint density at radius 3 is 2.43 bits per heavy atom. The van der Waals surface area contributed by atoms with Crippen LogP contribution in [0, 0.1) is 0 Å². The molecule has 0 bridgehead atoms. The zero-order valence-electron chi connectivity index (χ0n) is 15.9. The van der Waals surface area contributed by atoms with Gasteiger partial charge in [-0.25, -0.2) is 0 Å². The van der Waals surface area contributed by atoms with E-state index in [0.29, 0.717) is 39.3 Å². The van der Waals surface area contributed by atoms with Gasteiger partial charge in [0, 0.05) is 11.6 Å².